The highest BCUT2D eigenvalue weighted by Crippen LogP contribution is 2.29. The molecule has 0 radical (unpaired) electrons. The van der Waals surface area contributed by atoms with Gasteiger partial charge in [0.2, 0.25) is 0 Å². The fraction of sp³-hybridized carbons (Fsp3) is 0.625. The molecule has 0 aromatic carbocycles. The number of carbonyl (C=O) groups is 2. The molecule has 126 valence electrons. The lowest BCUT2D eigenvalue weighted by Crippen LogP contribution is -2.49. The molecule has 7 heteroatoms. The molecule has 2 saturated heterocycles. The van der Waals surface area contributed by atoms with E-state index >= 15 is 0 Å². The topological polar surface area (TPSA) is 59.1 Å². The Labute approximate surface area is 140 Å². The van der Waals surface area contributed by atoms with Crippen molar-refractivity contribution in [3.63, 3.8) is 0 Å². The lowest BCUT2D eigenvalue weighted by molar-refractivity contribution is 0.0643. The average Bonchev–Trinajstić information content (AvgIpc) is 3.14. The average molecular weight is 338 g/mol. The lowest BCUT2D eigenvalue weighted by Gasteiger charge is -2.37. The Bertz CT molecular complexity index is 580. The second-order valence-electron chi connectivity index (χ2n) is 5.90. The van der Waals surface area contributed by atoms with Gasteiger partial charge in [-0.2, -0.15) is 0 Å². The van der Waals surface area contributed by atoms with Gasteiger partial charge in [-0.1, -0.05) is 0 Å². The molecule has 3 rings (SSSR count). The maximum atomic E-state index is 12.7. The molecule has 6 nitrogen and oxygen atoms in total. The summed E-state index contributed by atoms with van der Waals surface area (Å²) >= 11 is 1.42. The van der Waals surface area contributed by atoms with E-state index in [2.05, 4.69) is 0 Å². The quantitative estimate of drug-likeness (QED) is 0.847. The van der Waals surface area contributed by atoms with Crippen LogP contribution in [0.1, 0.15) is 36.4 Å². The van der Waals surface area contributed by atoms with Crippen LogP contribution < -0.4 is 4.74 Å². The molecule has 1 aromatic rings. The largest absolute Gasteiger partial charge is 0.492 e. The summed E-state index contributed by atoms with van der Waals surface area (Å²) in [6.45, 7) is 6.24. The van der Waals surface area contributed by atoms with Gasteiger partial charge in [0.25, 0.3) is 5.91 Å². The summed E-state index contributed by atoms with van der Waals surface area (Å²) in [5, 5.41) is 1.88. The summed E-state index contributed by atoms with van der Waals surface area (Å²) in [4.78, 5) is 28.8. The Kier molecular flexibility index (Phi) is 4.75. The Morgan fingerprint density at radius 1 is 1.43 bits per heavy atom. The van der Waals surface area contributed by atoms with Gasteiger partial charge in [0.15, 0.2) is 0 Å². The zero-order chi connectivity index (χ0) is 16.4. The van der Waals surface area contributed by atoms with E-state index in [1.807, 2.05) is 35.1 Å². The standard InChI is InChI=1S/C16H22N2O4S/c1-3-21-13-6-9-23-14(13)15(19)17-7-4-12(5-8-17)18-11(2)10-22-16(18)20/h6,9,11-12H,3-5,7-8,10H2,1-2H3. The van der Waals surface area contributed by atoms with Crippen LogP contribution in [0.4, 0.5) is 4.79 Å². The molecular formula is C16H22N2O4S. The molecule has 3 heterocycles. The molecule has 1 atom stereocenters. The second kappa shape index (κ2) is 6.78. The number of rotatable bonds is 4. The van der Waals surface area contributed by atoms with E-state index in [9.17, 15) is 9.59 Å². The number of nitrogens with zero attached hydrogens (tertiary/aromatic N) is 2. The van der Waals surface area contributed by atoms with Crippen LogP contribution in [-0.4, -0.2) is 60.2 Å². The minimum atomic E-state index is -0.223. The van der Waals surface area contributed by atoms with Crippen molar-refractivity contribution in [2.45, 2.75) is 38.8 Å². The van der Waals surface area contributed by atoms with Gasteiger partial charge in [0.1, 0.15) is 17.2 Å². The number of amides is 2. The fourth-order valence-corrected chi connectivity index (χ4v) is 4.05. The van der Waals surface area contributed by atoms with Crippen LogP contribution in [-0.2, 0) is 4.74 Å². The maximum Gasteiger partial charge on any atom is 0.410 e. The minimum absolute atomic E-state index is 0.0268. The number of cyclic esters (lactones) is 1. The van der Waals surface area contributed by atoms with Gasteiger partial charge in [-0.05, 0) is 38.1 Å². The number of thiophene rings is 1. The molecule has 0 saturated carbocycles. The SMILES string of the molecule is CCOc1ccsc1C(=O)N1CCC(N2C(=O)OCC2C)CC1. The first-order chi connectivity index (χ1) is 11.1. The van der Waals surface area contributed by atoms with Crippen molar-refractivity contribution in [1.29, 1.82) is 0 Å². The summed E-state index contributed by atoms with van der Waals surface area (Å²) in [6.07, 6.45) is 1.36. The van der Waals surface area contributed by atoms with E-state index in [1.165, 1.54) is 11.3 Å². The van der Waals surface area contributed by atoms with E-state index in [0.29, 0.717) is 36.9 Å². The van der Waals surface area contributed by atoms with Crippen LogP contribution in [0, 0.1) is 0 Å². The van der Waals surface area contributed by atoms with Gasteiger partial charge in [0.05, 0.1) is 12.6 Å². The molecule has 2 amide bonds. The monoisotopic (exact) mass is 338 g/mol. The summed E-state index contributed by atoms with van der Waals surface area (Å²) in [6, 6.07) is 2.13. The summed E-state index contributed by atoms with van der Waals surface area (Å²) in [7, 11) is 0. The van der Waals surface area contributed by atoms with Gasteiger partial charge in [-0.15, -0.1) is 11.3 Å². The van der Waals surface area contributed by atoms with Gasteiger partial charge >= 0.3 is 6.09 Å². The maximum absolute atomic E-state index is 12.7. The molecule has 0 spiro atoms. The normalized spacial score (nSPS) is 22.3. The van der Waals surface area contributed by atoms with Crippen LogP contribution in [0.15, 0.2) is 11.4 Å². The second-order valence-corrected chi connectivity index (χ2v) is 6.82. The molecule has 1 unspecified atom stereocenters. The van der Waals surface area contributed by atoms with E-state index in [-0.39, 0.29) is 24.1 Å². The van der Waals surface area contributed by atoms with Crippen LogP contribution in [0.5, 0.6) is 5.75 Å². The van der Waals surface area contributed by atoms with Gasteiger partial charge < -0.3 is 14.4 Å². The fourth-order valence-electron chi connectivity index (χ4n) is 3.25. The van der Waals surface area contributed by atoms with Crippen molar-refractivity contribution < 1.29 is 19.1 Å². The van der Waals surface area contributed by atoms with Gasteiger partial charge in [-0.3, -0.25) is 9.69 Å². The Balaban J connectivity index is 1.61. The third kappa shape index (κ3) is 3.15. The Morgan fingerprint density at radius 2 is 2.17 bits per heavy atom. The molecule has 2 aliphatic rings. The number of hydrogen-bond acceptors (Lipinski definition) is 5. The van der Waals surface area contributed by atoms with E-state index in [0.717, 1.165) is 12.8 Å². The molecule has 2 fully saturated rings. The van der Waals surface area contributed by atoms with Gasteiger partial charge in [0, 0.05) is 19.1 Å². The number of piperidine rings is 1. The molecule has 1 aromatic heterocycles. The highest BCUT2D eigenvalue weighted by Gasteiger charge is 2.38. The first-order valence-corrected chi connectivity index (χ1v) is 8.94. The first-order valence-electron chi connectivity index (χ1n) is 8.06. The molecular weight excluding hydrogens is 316 g/mol. The van der Waals surface area contributed by atoms with E-state index in [1.54, 1.807) is 0 Å². The van der Waals surface area contributed by atoms with E-state index < -0.39 is 0 Å². The third-order valence-electron chi connectivity index (χ3n) is 4.40. The summed E-state index contributed by atoms with van der Waals surface area (Å²) in [5.41, 5.74) is 0. The number of likely N-dealkylation sites (tertiary alicyclic amines) is 1. The zero-order valence-corrected chi connectivity index (χ0v) is 14.3. The molecule has 23 heavy (non-hydrogen) atoms. The first kappa shape index (κ1) is 16.1. The lowest BCUT2D eigenvalue weighted by atomic mass is 10.0. The minimum Gasteiger partial charge on any atom is -0.492 e. The Morgan fingerprint density at radius 3 is 2.78 bits per heavy atom. The van der Waals surface area contributed by atoms with Crippen molar-refractivity contribution >= 4 is 23.3 Å². The van der Waals surface area contributed by atoms with Crippen LogP contribution in [0.3, 0.4) is 0 Å². The summed E-state index contributed by atoms with van der Waals surface area (Å²) < 4.78 is 10.6. The molecule has 2 aliphatic heterocycles. The van der Waals surface area contributed by atoms with Crippen molar-refractivity contribution in [3.05, 3.63) is 16.3 Å². The highest BCUT2D eigenvalue weighted by atomic mass is 32.1. The van der Waals surface area contributed by atoms with Crippen molar-refractivity contribution in [2.24, 2.45) is 0 Å². The predicted octanol–water partition coefficient (Wildman–Crippen LogP) is 2.59. The predicted molar refractivity (Wildman–Crippen MR) is 87.1 cm³/mol. The van der Waals surface area contributed by atoms with Crippen LogP contribution >= 0.6 is 11.3 Å². The van der Waals surface area contributed by atoms with E-state index in [4.69, 9.17) is 9.47 Å². The van der Waals surface area contributed by atoms with Crippen molar-refractivity contribution in [1.82, 2.24) is 9.80 Å². The molecule has 0 aliphatic carbocycles. The third-order valence-corrected chi connectivity index (χ3v) is 5.29. The van der Waals surface area contributed by atoms with Crippen LogP contribution in [0.2, 0.25) is 0 Å². The van der Waals surface area contributed by atoms with Crippen LogP contribution in [0.25, 0.3) is 0 Å². The summed E-state index contributed by atoms with van der Waals surface area (Å²) in [5.74, 6) is 0.695. The number of hydrogen-bond donors (Lipinski definition) is 0. The zero-order valence-electron chi connectivity index (χ0n) is 13.5. The highest BCUT2D eigenvalue weighted by molar-refractivity contribution is 7.12. The molecule has 0 N–H and O–H groups in total. The van der Waals surface area contributed by atoms with Crippen molar-refractivity contribution in [3.8, 4) is 5.75 Å². The smallest absolute Gasteiger partial charge is 0.410 e. The Hall–Kier alpha value is -1.76. The number of ether oxygens (including phenoxy) is 2. The molecule has 0 bridgehead atoms. The number of carbonyl (C=O) groups excluding carboxylic acids is 2. The van der Waals surface area contributed by atoms with Crippen molar-refractivity contribution in [2.75, 3.05) is 26.3 Å². The van der Waals surface area contributed by atoms with Gasteiger partial charge in [-0.25, -0.2) is 4.79 Å².